The van der Waals surface area contributed by atoms with E-state index in [0.717, 1.165) is 23.2 Å². The molecule has 1 fully saturated rings. The first kappa shape index (κ1) is 14.7. The smallest absolute Gasteiger partial charge is 0.187 e. The molecule has 0 spiro atoms. The third-order valence-electron chi connectivity index (χ3n) is 3.81. The minimum absolute atomic E-state index is 0.662. The molecule has 1 aliphatic rings. The molecule has 1 N–H and O–H groups in total. The Balaban J connectivity index is 1.63. The van der Waals surface area contributed by atoms with Crippen molar-refractivity contribution in [2.75, 3.05) is 11.9 Å². The maximum absolute atomic E-state index is 6.23. The van der Waals surface area contributed by atoms with E-state index in [1.807, 2.05) is 23.6 Å². The summed E-state index contributed by atoms with van der Waals surface area (Å²) in [4.78, 5) is 4.22. The van der Waals surface area contributed by atoms with Crippen LogP contribution in [0.2, 0.25) is 5.02 Å². The van der Waals surface area contributed by atoms with Gasteiger partial charge in [-0.3, -0.25) is 0 Å². The molecular formula is C16H19ClN2OS. The number of anilines is 2. The van der Waals surface area contributed by atoms with Gasteiger partial charge in [0, 0.05) is 23.3 Å². The molecule has 3 rings (SSSR count). The van der Waals surface area contributed by atoms with Crippen LogP contribution in [-0.2, 0) is 0 Å². The number of thiazole rings is 1. The standard InChI is InChI=1S/C16H19ClN2OS/c17-14-7-6-13(19-16-18-8-9-21-16)10-15(14)20-11-12-4-2-1-3-5-12/h6-10,12H,1-5,11H2,(H,18,19). The number of hydrogen-bond acceptors (Lipinski definition) is 4. The molecule has 0 amide bonds. The molecule has 0 unspecified atom stereocenters. The topological polar surface area (TPSA) is 34.2 Å². The van der Waals surface area contributed by atoms with E-state index >= 15 is 0 Å². The highest BCUT2D eigenvalue weighted by molar-refractivity contribution is 7.13. The Labute approximate surface area is 134 Å². The molecule has 0 radical (unpaired) electrons. The Kier molecular flexibility index (Phi) is 4.99. The second kappa shape index (κ2) is 7.14. The molecular weight excluding hydrogens is 304 g/mol. The van der Waals surface area contributed by atoms with Crippen molar-refractivity contribution in [2.45, 2.75) is 32.1 Å². The van der Waals surface area contributed by atoms with Crippen molar-refractivity contribution < 1.29 is 4.74 Å². The van der Waals surface area contributed by atoms with Crippen LogP contribution in [0.1, 0.15) is 32.1 Å². The number of ether oxygens (including phenoxy) is 1. The maximum atomic E-state index is 6.23. The first-order chi connectivity index (χ1) is 10.3. The first-order valence-corrected chi connectivity index (χ1v) is 8.66. The zero-order valence-electron chi connectivity index (χ0n) is 11.8. The predicted molar refractivity (Wildman–Crippen MR) is 88.9 cm³/mol. The Morgan fingerprint density at radius 3 is 2.90 bits per heavy atom. The van der Waals surface area contributed by atoms with Gasteiger partial charge in [0.25, 0.3) is 0 Å². The molecule has 0 saturated heterocycles. The Morgan fingerprint density at radius 2 is 2.14 bits per heavy atom. The van der Waals surface area contributed by atoms with E-state index in [1.54, 1.807) is 17.5 Å². The molecule has 3 nitrogen and oxygen atoms in total. The van der Waals surface area contributed by atoms with Crippen molar-refractivity contribution in [2.24, 2.45) is 5.92 Å². The molecule has 1 aromatic heterocycles. The van der Waals surface area contributed by atoms with Crippen LogP contribution in [-0.4, -0.2) is 11.6 Å². The summed E-state index contributed by atoms with van der Waals surface area (Å²) < 4.78 is 5.95. The van der Waals surface area contributed by atoms with Gasteiger partial charge in [0.15, 0.2) is 5.13 Å². The number of rotatable bonds is 5. The lowest BCUT2D eigenvalue weighted by Crippen LogP contribution is -2.15. The summed E-state index contributed by atoms with van der Waals surface area (Å²) in [6.45, 7) is 0.764. The maximum Gasteiger partial charge on any atom is 0.187 e. The van der Waals surface area contributed by atoms with Gasteiger partial charge in [-0.15, -0.1) is 11.3 Å². The molecule has 0 aliphatic heterocycles. The average Bonchev–Trinajstić information content (AvgIpc) is 3.02. The number of aromatic nitrogens is 1. The number of hydrogen-bond donors (Lipinski definition) is 1. The summed E-state index contributed by atoms with van der Waals surface area (Å²) in [5.41, 5.74) is 0.952. The van der Waals surface area contributed by atoms with Gasteiger partial charge in [-0.2, -0.15) is 0 Å². The summed E-state index contributed by atoms with van der Waals surface area (Å²) in [6.07, 6.45) is 8.35. The van der Waals surface area contributed by atoms with E-state index in [-0.39, 0.29) is 0 Å². The number of halogens is 1. The van der Waals surface area contributed by atoms with Gasteiger partial charge in [-0.25, -0.2) is 4.98 Å². The van der Waals surface area contributed by atoms with Gasteiger partial charge in [0.1, 0.15) is 5.75 Å². The van der Waals surface area contributed by atoms with E-state index in [2.05, 4.69) is 10.3 Å². The van der Waals surface area contributed by atoms with Crippen LogP contribution >= 0.6 is 22.9 Å². The third-order valence-corrected chi connectivity index (χ3v) is 4.81. The minimum Gasteiger partial charge on any atom is -0.492 e. The van der Waals surface area contributed by atoms with Crippen LogP contribution in [0.4, 0.5) is 10.8 Å². The van der Waals surface area contributed by atoms with Crippen LogP contribution < -0.4 is 10.1 Å². The average molecular weight is 323 g/mol. The number of benzene rings is 1. The van der Waals surface area contributed by atoms with Gasteiger partial charge >= 0.3 is 0 Å². The number of nitrogens with one attached hydrogen (secondary N) is 1. The molecule has 2 aromatic rings. The lowest BCUT2D eigenvalue weighted by atomic mass is 9.90. The highest BCUT2D eigenvalue weighted by atomic mass is 35.5. The molecule has 1 aromatic carbocycles. The van der Waals surface area contributed by atoms with E-state index in [4.69, 9.17) is 16.3 Å². The van der Waals surface area contributed by atoms with Crippen molar-refractivity contribution in [1.29, 1.82) is 0 Å². The molecule has 21 heavy (non-hydrogen) atoms. The molecule has 0 bridgehead atoms. The molecule has 1 heterocycles. The van der Waals surface area contributed by atoms with Crippen molar-refractivity contribution in [3.8, 4) is 5.75 Å². The molecule has 112 valence electrons. The van der Waals surface area contributed by atoms with Gasteiger partial charge in [0.05, 0.1) is 11.6 Å². The molecule has 0 atom stereocenters. The fourth-order valence-corrected chi connectivity index (χ4v) is 3.38. The highest BCUT2D eigenvalue weighted by Gasteiger charge is 2.15. The van der Waals surface area contributed by atoms with E-state index in [1.165, 1.54) is 32.1 Å². The zero-order chi connectivity index (χ0) is 14.5. The minimum atomic E-state index is 0.662. The fraction of sp³-hybridized carbons (Fsp3) is 0.438. The third kappa shape index (κ3) is 4.11. The first-order valence-electron chi connectivity index (χ1n) is 7.40. The van der Waals surface area contributed by atoms with Crippen LogP contribution in [0.5, 0.6) is 5.75 Å². The van der Waals surface area contributed by atoms with Crippen LogP contribution in [0.15, 0.2) is 29.8 Å². The molecule has 1 saturated carbocycles. The zero-order valence-corrected chi connectivity index (χ0v) is 13.4. The second-order valence-electron chi connectivity index (χ2n) is 5.42. The Morgan fingerprint density at radius 1 is 1.29 bits per heavy atom. The van der Waals surface area contributed by atoms with Crippen LogP contribution in [0.3, 0.4) is 0 Å². The number of nitrogens with zero attached hydrogens (tertiary/aromatic N) is 1. The van der Waals surface area contributed by atoms with Crippen molar-refractivity contribution in [3.63, 3.8) is 0 Å². The SMILES string of the molecule is Clc1ccc(Nc2nccs2)cc1OCC1CCCCC1. The van der Waals surface area contributed by atoms with Gasteiger partial charge in [0.2, 0.25) is 0 Å². The predicted octanol–water partition coefficient (Wildman–Crippen LogP) is 5.50. The van der Waals surface area contributed by atoms with Gasteiger partial charge < -0.3 is 10.1 Å². The lowest BCUT2D eigenvalue weighted by molar-refractivity contribution is 0.209. The van der Waals surface area contributed by atoms with Crippen molar-refractivity contribution >= 4 is 33.8 Å². The van der Waals surface area contributed by atoms with Gasteiger partial charge in [-0.05, 0) is 30.9 Å². The normalized spacial score (nSPS) is 15.9. The largest absolute Gasteiger partial charge is 0.492 e. The highest BCUT2D eigenvalue weighted by Crippen LogP contribution is 2.31. The van der Waals surface area contributed by atoms with Gasteiger partial charge in [-0.1, -0.05) is 30.9 Å². The Bertz CT molecular complexity index is 568. The van der Waals surface area contributed by atoms with E-state index in [9.17, 15) is 0 Å². The quantitative estimate of drug-likeness (QED) is 0.789. The fourth-order valence-electron chi connectivity index (χ4n) is 2.66. The van der Waals surface area contributed by atoms with Crippen molar-refractivity contribution in [1.82, 2.24) is 4.98 Å². The summed E-state index contributed by atoms with van der Waals surface area (Å²) in [7, 11) is 0. The van der Waals surface area contributed by atoms with E-state index < -0.39 is 0 Å². The summed E-state index contributed by atoms with van der Waals surface area (Å²) >= 11 is 7.80. The summed E-state index contributed by atoms with van der Waals surface area (Å²) in [6, 6.07) is 5.76. The van der Waals surface area contributed by atoms with E-state index in [0.29, 0.717) is 10.9 Å². The summed E-state index contributed by atoms with van der Waals surface area (Å²) in [5, 5.41) is 6.73. The molecule has 5 heteroatoms. The monoisotopic (exact) mass is 322 g/mol. The Hall–Kier alpha value is -1.26. The van der Waals surface area contributed by atoms with Crippen LogP contribution in [0.25, 0.3) is 0 Å². The molecule has 1 aliphatic carbocycles. The second-order valence-corrected chi connectivity index (χ2v) is 6.72. The summed E-state index contributed by atoms with van der Waals surface area (Å²) in [5.74, 6) is 1.43. The lowest BCUT2D eigenvalue weighted by Gasteiger charge is -2.22. The van der Waals surface area contributed by atoms with Crippen LogP contribution in [0, 0.1) is 5.92 Å². The van der Waals surface area contributed by atoms with Crippen molar-refractivity contribution in [3.05, 3.63) is 34.8 Å².